The number of rotatable bonds is 7. The van der Waals surface area contributed by atoms with Crippen molar-refractivity contribution in [2.24, 2.45) is 0 Å². The molecule has 0 aliphatic carbocycles. The van der Waals surface area contributed by atoms with Gasteiger partial charge in [0.05, 0.1) is 22.9 Å². The summed E-state index contributed by atoms with van der Waals surface area (Å²) in [5, 5.41) is 8.95. The first kappa shape index (κ1) is 14.8. The molecular weight excluding hydrogens is 254 g/mol. The number of hydrogen-bond donors (Lipinski definition) is 2. The Bertz CT molecular complexity index is 396. The Balaban J connectivity index is 2.30. The molecule has 0 bridgehead atoms. The number of halogens is 1. The minimum atomic E-state index is -0.390. The van der Waals surface area contributed by atoms with Gasteiger partial charge in [0.1, 0.15) is 0 Å². The van der Waals surface area contributed by atoms with Gasteiger partial charge in [-0.25, -0.2) is 4.79 Å². The Hall–Kier alpha value is -1.26. The van der Waals surface area contributed by atoms with Crippen LogP contribution in [0.5, 0.6) is 0 Å². The lowest BCUT2D eigenvalue weighted by Gasteiger charge is -2.06. The predicted octanol–water partition coefficient (Wildman–Crippen LogP) is 2.63. The molecule has 0 heterocycles. The van der Waals surface area contributed by atoms with Crippen LogP contribution >= 0.6 is 11.6 Å². The van der Waals surface area contributed by atoms with Crippen LogP contribution in [0.3, 0.4) is 0 Å². The van der Waals surface area contributed by atoms with Gasteiger partial charge in [0.25, 0.3) is 0 Å². The number of benzene rings is 1. The molecule has 1 rings (SSSR count). The number of nitrogen functional groups attached to an aromatic ring is 1. The molecule has 5 heteroatoms. The highest BCUT2D eigenvalue weighted by Gasteiger charge is 2.08. The summed E-state index contributed by atoms with van der Waals surface area (Å²) in [6.45, 7) is 0.593. The van der Waals surface area contributed by atoms with Crippen LogP contribution in [0.25, 0.3) is 0 Å². The van der Waals surface area contributed by atoms with Crippen molar-refractivity contribution in [2.75, 3.05) is 18.9 Å². The van der Waals surface area contributed by atoms with Gasteiger partial charge in [-0.2, -0.15) is 0 Å². The van der Waals surface area contributed by atoms with E-state index in [0.717, 1.165) is 25.7 Å². The minimum absolute atomic E-state index is 0.212. The summed E-state index contributed by atoms with van der Waals surface area (Å²) in [5.41, 5.74) is 6.40. The van der Waals surface area contributed by atoms with E-state index in [2.05, 4.69) is 0 Å². The number of unbranched alkanes of at least 4 members (excludes halogenated alkanes) is 3. The molecule has 0 amide bonds. The summed E-state index contributed by atoms with van der Waals surface area (Å²) in [6, 6.07) is 4.68. The number of carbonyl (C=O) groups is 1. The maximum atomic E-state index is 11.6. The van der Waals surface area contributed by atoms with E-state index in [-0.39, 0.29) is 12.6 Å². The summed E-state index contributed by atoms with van der Waals surface area (Å²) >= 11 is 5.82. The summed E-state index contributed by atoms with van der Waals surface area (Å²) < 4.78 is 5.10. The molecule has 18 heavy (non-hydrogen) atoms. The molecular formula is C13H18ClNO3. The predicted molar refractivity (Wildman–Crippen MR) is 71.7 cm³/mol. The molecule has 0 spiro atoms. The van der Waals surface area contributed by atoms with Gasteiger partial charge in [-0.3, -0.25) is 0 Å². The summed E-state index contributed by atoms with van der Waals surface area (Å²) in [7, 11) is 0. The quantitative estimate of drug-likeness (QED) is 0.454. The Morgan fingerprint density at radius 2 is 2.00 bits per heavy atom. The highest BCUT2D eigenvalue weighted by Crippen LogP contribution is 2.20. The normalized spacial score (nSPS) is 10.3. The number of carbonyl (C=O) groups excluding carboxylic acids is 1. The van der Waals surface area contributed by atoms with Gasteiger partial charge < -0.3 is 15.6 Å². The van der Waals surface area contributed by atoms with Crippen molar-refractivity contribution in [3.8, 4) is 0 Å². The van der Waals surface area contributed by atoms with Crippen molar-refractivity contribution >= 4 is 23.3 Å². The van der Waals surface area contributed by atoms with E-state index in [1.807, 2.05) is 0 Å². The average Bonchev–Trinajstić information content (AvgIpc) is 2.36. The lowest BCUT2D eigenvalue weighted by molar-refractivity contribution is 0.0497. The van der Waals surface area contributed by atoms with E-state index >= 15 is 0 Å². The Morgan fingerprint density at radius 1 is 1.28 bits per heavy atom. The van der Waals surface area contributed by atoms with Gasteiger partial charge in [-0.05, 0) is 37.5 Å². The van der Waals surface area contributed by atoms with Crippen molar-refractivity contribution in [3.63, 3.8) is 0 Å². The fourth-order valence-electron chi connectivity index (χ4n) is 1.47. The number of aliphatic hydroxyl groups is 1. The van der Waals surface area contributed by atoms with Crippen molar-refractivity contribution in [1.82, 2.24) is 0 Å². The summed E-state index contributed by atoms with van der Waals surface area (Å²) in [6.07, 6.45) is 3.48. The number of nitrogens with two attached hydrogens (primary N) is 1. The van der Waals surface area contributed by atoms with Crippen LogP contribution in [0, 0.1) is 0 Å². The molecule has 0 radical (unpaired) electrons. The third-order valence-corrected chi connectivity index (χ3v) is 2.85. The maximum absolute atomic E-state index is 11.6. The highest BCUT2D eigenvalue weighted by molar-refractivity contribution is 6.33. The van der Waals surface area contributed by atoms with Crippen molar-refractivity contribution in [1.29, 1.82) is 0 Å². The van der Waals surface area contributed by atoms with Gasteiger partial charge in [-0.15, -0.1) is 0 Å². The average molecular weight is 272 g/mol. The molecule has 0 atom stereocenters. The van der Waals surface area contributed by atoms with E-state index in [1.165, 1.54) is 6.07 Å². The van der Waals surface area contributed by atoms with Crippen molar-refractivity contribution < 1.29 is 14.6 Å². The number of esters is 1. The van der Waals surface area contributed by atoms with Crippen LogP contribution in [-0.4, -0.2) is 24.3 Å². The fourth-order valence-corrected chi connectivity index (χ4v) is 1.65. The molecule has 0 aliphatic rings. The van der Waals surface area contributed by atoms with E-state index < -0.39 is 0 Å². The molecule has 4 nitrogen and oxygen atoms in total. The second-order valence-corrected chi connectivity index (χ2v) is 4.42. The first-order chi connectivity index (χ1) is 8.65. The SMILES string of the molecule is Nc1ccc(C(=O)OCCCCCCO)cc1Cl. The zero-order valence-electron chi connectivity index (χ0n) is 10.2. The zero-order chi connectivity index (χ0) is 13.4. The van der Waals surface area contributed by atoms with Crippen molar-refractivity contribution in [2.45, 2.75) is 25.7 Å². The molecule has 1 aromatic carbocycles. The van der Waals surface area contributed by atoms with Gasteiger partial charge in [0, 0.05) is 6.61 Å². The fraction of sp³-hybridized carbons (Fsp3) is 0.462. The van der Waals surface area contributed by atoms with Crippen LogP contribution in [0.2, 0.25) is 5.02 Å². The second kappa shape index (κ2) is 7.95. The van der Waals surface area contributed by atoms with Gasteiger partial charge in [-0.1, -0.05) is 18.0 Å². The monoisotopic (exact) mass is 271 g/mol. The third kappa shape index (κ3) is 4.94. The van der Waals surface area contributed by atoms with Crippen LogP contribution < -0.4 is 5.73 Å². The topological polar surface area (TPSA) is 72.6 Å². The number of anilines is 1. The second-order valence-electron chi connectivity index (χ2n) is 4.01. The molecule has 0 fully saturated rings. The van der Waals surface area contributed by atoms with E-state index in [0.29, 0.717) is 22.9 Å². The Morgan fingerprint density at radius 3 is 2.67 bits per heavy atom. The summed E-state index contributed by atoms with van der Waals surface area (Å²) in [4.78, 5) is 11.6. The van der Waals surface area contributed by atoms with Gasteiger partial charge in [0.15, 0.2) is 0 Å². The Labute approximate surface area is 112 Å². The Kier molecular flexibility index (Phi) is 6.54. The van der Waals surface area contributed by atoms with E-state index in [1.54, 1.807) is 12.1 Å². The van der Waals surface area contributed by atoms with Gasteiger partial charge >= 0.3 is 5.97 Å². The first-order valence-electron chi connectivity index (χ1n) is 5.98. The zero-order valence-corrected chi connectivity index (χ0v) is 10.9. The minimum Gasteiger partial charge on any atom is -0.462 e. The van der Waals surface area contributed by atoms with Crippen molar-refractivity contribution in [3.05, 3.63) is 28.8 Å². The largest absolute Gasteiger partial charge is 0.462 e. The van der Waals surface area contributed by atoms with Crippen LogP contribution in [0.15, 0.2) is 18.2 Å². The van der Waals surface area contributed by atoms with Crippen LogP contribution in [-0.2, 0) is 4.74 Å². The van der Waals surface area contributed by atoms with Gasteiger partial charge in [0.2, 0.25) is 0 Å². The molecule has 0 aromatic heterocycles. The molecule has 1 aromatic rings. The number of aliphatic hydroxyl groups excluding tert-OH is 1. The molecule has 0 saturated heterocycles. The highest BCUT2D eigenvalue weighted by atomic mass is 35.5. The lowest BCUT2D eigenvalue weighted by atomic mass is 10.2. The first-order valence-corrected chi connectivity index (χ1v) is 6.36. The summed E-state index contributed by atoms with van der Waals surface area (Å²) in [5.74, 6) is -0.390. The number of ether oxygens (including phenoxy) is 1. The number of hydrogen-bond acceptors (Lipinski definition) is 4. The maximum Gasteiger partial charge on any atom is 0.338 e. The van der Waals surface area contributed by atoms with E-state index in [4.69, 9.17) is 27.2 Å². The van der Waals surface area contributed by atoms with Crippen LogP contribution in [0.4, 0.5) is 5.69 Å². The molecule has 0 unspecified atom stereocenters. The van der Waals surface area contributed by atoms with Crippen LogP contribution in [0.1, 0.15) is 36.0 Å². The standard InChI is InChI=1S/C13H18ClNO3/c14-11-9-10(5-6-12(11)15)13(17)18-8-4-2-1-3-7-16/h5-6,9,16H,1-4,7-8,15H2. The van der Waals surface area contributed by atoms with E-state index in [9.17, 15) is 4.79 Å². The molecule has 3 N–H and O–H groups in total. The third-order valence-electron chi connectivity index (χ3n) is 2.52. The molecule has 100 valence electrons. The molecule has 0 aliphatic heterocycles. The molecule has 0 saturated carbocycles. The smallest absolute Gasteiger partial charge is 0.338 e. The lowest BCUT2D eigenvalue weighted by Crippen LogP contribution is -2.06.